The van der Waals surface area contributed by atoms with E-state index in [9.17, 15) is 0 Å². The van der Waals surface area contributed by atoms with Gasteiger partial charge in [-0.15, -0.1) is 9.97 Å². The molecule has 1 aromatic carbocycles. The Bertz CT molecular complexity index is 7090. The molecule has 25 heterocycles. The van der Waals surface area contributed by atoms with Gasteiger partial charge in [0.25, 0.3) is 40.1 Å². The number of hydrogen-bond acceptors (Lipinski definition) is 12. The molecule has 103 heavy (non-hydrogen) atoms. The summed E-state index contributed by atoms with van der Waals surface area (Å²) in [7, 11) is 2.09. The molecule has 0 N–H and O–H groups in total. The van der Waals surface area contributed by atoms with Crippen molar-refractivity contribution < 1.29 is 31.0 Å². The lowest BCUT2D eigenvalue weighted by Crippen LogP contribution is -2.29. The van der Waals surface area contributed by atoms with Crippen molar-refractivity contribution in [2.75, 3.05) is 0 Å². The lowest BCUT2D eigenvalue weighted by atomic mass is 10.1. The molecule has 0 fully saturated rings. The van der Waals surface area contributed by atoms with Gasteiger partial charge in [-0.2, -0.15) is 22.0 Å². The zero-order chi connectivity index (χ0) is 70.2. The summed E-state index contributed by atoms with van der Waals surface area (Å²) in [6, 6.07) is 40.5. The normalized spacial score (nSPS) is 13.5. The molecule has 24 nitrogen and oxygen atoms in total. The topological polar surface area (TPSA) is 200 Å². The van der Waals surface area contributed by atoms with Crippen LogP contribution in [0.3, 0.4) is 0 Å². The Hall–Kier alpha value is -13.8. The standard InChI is InChI=1S/C20H14N5.2C15H12N5.C14H9N4O.C14H9N4S/c1-2-5-15(6-3-1)24-18-13-23-12-14-8-10-21-11-16(14)20(23)25(18)17-7-4-9-22-19(17)24;2*1-18-12-3-2-5-17-14(12)20-9-19-8-10-4-6-16-7-11(10)13(19)15(18)20;2*1-2-11-13(16-4-1)19-12-8-17-7-9-3-5-15-6-10(9)14(17)18(11)12/h1-11,13H,12H2;2*2-7,9H,8H2,1H3;2*1-6,8H,7H2/q5*+1/i;1D3;;;. The molecule has 0 unspecified atom stereocenters. The second-order valence-corrected chi connectivity index (χ2v) is 27.0. The van der Waals surface area contributed by atoms with Gasteiger partial charge in [0.1, 0.15) is 25.8 Å². The number of hydrogen-bond donors (Lipinski definition) is 0. The van der Waals surface area contributed by atoms with Crippen LogP contribution in [0, 0.1) is 0 Å². The summed E-state index contributed by atoms with van der Waals surface area (Å²) in [5.74, 6) is 3.51. The summed E-state index contributed by atoms with van der Waals surface area (Å²) < 4.78 is 57.3. The van der Waals surface area contributed by atoms with Gasteiger partial charge in [-0.25, -0.2) is 28.7 Å². The second kappa shape index (κ2) is 21.8. The van der Waals surface area contributed by atoms with Gasteiger partial charge in [-0.05, 0) is 114 Å². The molecule has 20 aromatic heterocycles. The molecule has 25 heteroatoms. The Morgan fingerprint density at radius 2 is 0.932 bits per heavy atom. The molecule has 5 aliphatic rings. The van der Waals surface area contributed by atoms with Crippen molar-refractivity contribution in [1.82, 2.24) is 85.9 Å². The SMILES string of the molecule is Cn1c2cccnc2[n+]2cn3c(c12)-c1cnccc1C3.[2H]C([2H])([2H])n1c2cccnc2[n+]2cn3c(c12)-c1cnccc1C3.c1ccc(-n2c3ncccc3n3c4[n+](cc23)Cc2ccncc2-4)cc1.c1cnc2oc3c[n+]4c(n3c2c1)-c1cnccc1C4.c1cnc2sc3c[n+]4c(n3c2c1)-c1cnccc1C4. The van der Waals surface area contributed by atoms with Crippen LogP contribution in [-0.2, 0) is 46.7 Å². The number of para-hydroxylation sites is 1. The molecule has 21 aromatic rings. The van der Waals surface area contributed by atoms with Crippen molar-refractivity contribution in [3.63, 3.8) is 0 Å². The summed E-state index contributed by atoms with van der Waals surface area (Å²) in [4.78, 5) is 45.9. The van der Waals surface area contributed by atoms with Gasteiger partial charge in [0.05, 0.1) is 52.0 Å². The van der Waals surface area contributed by atoms with E-state index < -0.39 is 6.98 Å². The summed E-state index contributed by atoms with van der Waals surface area (Å²) in [6.45, 7) is 2.01. The van der Waals surface area contributed by atoms with Crippen LogP contribution in [-0.4, -0.2) is 85.9 Å². The van der Waals surface area contributed by atoms with E-state index in [1.54, 1.807) is 48.3 Å². The molecule has 0 aliphatic carbocycles. The second-order valence-electron chi connectivity index (χ2n) is 26.0. The smallest absolute Gasteiger partial charge is 0.337 e. The van der Waals surface area contributed by atoms with Crippen LogP contribution in [0.15, 0.2) is 250 Å². The molecule has 0 spiro atoms. The van der Waals surface area contributed by atoms with Crippen molar-refractivity contribution in [3.8, 4) is 62.4 Å². The highest BCUT2D eigenvalue weighted by molar-refractivity contribution is 7.23. The van der Waals surface area contributed by atoms with Gasteiger partial charge < -0.3 is 4.42 Å². The van der Waals surface area contributed by atoms with Crippen LogP contribution in [0.1, 0.15) is 31.9 Å². The summed E-state index contributed by atoms with van der Waals surface area (Å²) in [5, 5.41) is 0. The van der Waals surface area contributed by atoms with Crippen molar-refractivity contribution in [2.24, 2.45) is 14.0 Å². The van der Waals surface area contributed by atoms with Crippen molar-refractivity contribution in [2.45, 2.75) is 32.7 Å². The fourth-order valence-corrected chi connectivity index (χ4v) is 17.0. The summed E-state index contributed by atoms with van der Waals surface area (Å²) in [5.41, 5.74) is 27.4. The first kappa shape index (κ1) is 54.1. The van der Waals surface area contributed by atoms with E-state index in [0.717, 1.165) is 104 Å². The van der Waals surface area contributed by atoms with E-state index in [-0.39, 0.29) is 0 Å². The van der Waals surface area contributed by atoms with E-state index in [1.807, 2.05) is 128 Å². The van der Waals surface area contributed by atoms with Crippen LogP contribution >= 0.6 is 11.3 Å². The predicted octanol–water partition coefficient (Wildman–Crippen LogP) is 10.1. The van der Waals surface area contributed by atoms with Crippen molar-refractivity contribution in [3.05, 3.63) is 273 Å². The Kier molecular flexibility index (Phi) is 11.5. The number of oxazole rings is 1. The molecule has 490 valence electrons. The van der Waals surface area contributed by atoms with Crippen LogP contribution in [0.4, 0.5) is 0 Å². The number of nitrogens with zero attached hydrogens (tertiary/aromatic N) is 23. The van der Waals surface area contributed by atoms with E-state index in [4.69, 9.17) is 8.53 Å². The lowest BCUT2D eigenvalue weighted by molar-refractivity contribution is -0.670. The number of thiazole rings is 1. The maximum atomic E-state index is 7.97. The molecule has 26 rings (SSSR count). The lowest BCUT2D eigenvalue weighted by Gasteiger charge is -2.01. The minimum absolute atomic E-state index is 0.600. The molecular weight excluding hydrogens is 1310 g/mol. The average Bonchev–Trinajstić information content (AvgIpc) is 1.55. The molecule has 0 saturated heterocycles. The predicted molar refractivity (Wildman–Crippen MR) is 384 cm³/mol. The summed E-state index contributed by atoms with van der Waals surface area (Å²) in [6.07, 6.45) is 38.2. The maximum Gasteiger partial charge on any atom is 0.337 e. The van der Waals surface area contributed by atoms with Gasteiger partial charge in [-0.3, -0.25) is 47.8 Å². The highest BCUT2D eigenvalue weighted by Crippen LogP contribution is 2.39. The highest BCUT2D eigenvalue weighted by atomic mass is 32.1. The van der Waals surface area contributed by atoms with Gasteiger partial charge in [-0.1, -0.05) is 29.5 Å². The number of rotatable bonds is 1. The third-order valence-corrected chi connectivity index (χ3v) is 21.4. The number of fused-ring (bicyclic) bond motifs is 35. The molecular formula is C78H56N23OS+5. The molecule has 0 bridgehead atoms. The average molecular weight is 1370 g/mol. The Labute approximate surface area is 590 Å². The zero-order valence-corrected chi connectivity index (χ0v) is 55.5. The Morgan fingerprint density at radius 1 is 0.437 bits per heavy atom. The quantitative estimate of drug-likeness (QED) is 0.142. The molecule has 0 atom stereocenters. The highest BCUT2D eigenvalue weighted by Gasteiger charge is 2.38. The van der Waals surface area contributed by atoms with Crippen molar-refractivity contribution >= 4 is 93.9 Å². The first-order chi connectivity index (χ1) is 52.1. The van der Waals surface area contributed by atoms with Crippen molar-refractivity contribution in [1.29, 1.82) is 0 Å². The van der Waals surface area contributed by atoms with Crippen LogP contribution in [0.25, 0.3) is 145 Å². The summed E-state index contributed by atoms with van der Waals surface area (Å²) >= 11 is 1.73. The van der Waals surface area contributed by atoms with Gasteiger partial charge in [0.2, 0.25) is 16.1 Å². The van der Waals surface area contributed by atoms with E-state index in [1.165, 1.54) is 76.8 Å². The van der Waals surface area contributed by atoms with Gasteiger partial charge in [0, 0.05) is 122 Å². The van der Waals surface area contributed by atoms with Crippen LogP contribution < -0.4 is 22.5 Å². The number of aryl methyl sites for hydroxylation is 2. The fraction of sp³-hybridized carbons (Fsp3) is 0.0897. The number of aromatic nitrogens is 23. The zero-order valence-electron chi connectivity index (χ0n) is 57.7. The third kappa shape index (κ3) is 8.35. The maximum absolute atomic E-state index is 7.97. The first-order valence-electron chi connectivity index (χ1n) is 35.1. The largest absolute Gasteiger partial charge is 0.396 e. The number of imidazole rings is 8. The number of benzene rings is 1. The van der Waals surface area contributed by atoms with Crippen LogP contribution in [0.2, 0.25) is 0 Å². The van der Waals surface area contributed by atoms with Gasteiger partial charge in [0.15, 0.2) is 74.5 Å². The molecule has 0 radical (unpaired) electrons. The minimum Gasteiger partial charge on any atom is -0.396 e. The Balaban J connectivity index is 0.0000000830. The van der Waals surface area contributed by atoms with E-state index in [2.05, 4.69) is 192 Å². The monoisotopic (exact) mass is 1370 g/mol. The molecule has 0 saturated carbocycles. The minimum atomic E-state index is -2.29. The van der Waals surface area contributed by atoms with E-state index in [0.29, 0.717) is 29.1 Å². The molecule has 5 aliphatic heterocycles. The third-order valence-electron chi connectivity index (χ3n) is 20.4. The Morgan fingerprint density at radius 3 is 1.55 bits per heavy atom. The number of pyridine rings is 10. The van der Waals surface area contributed by atoms with E-state index >= 15 is 0 Å². The van der Waals surface area contributed by atoms with Crippen LogP contribution in [0.5, 0.6) is 0 Å². The first-order valence-corrected chi connectivity index (χ1v) is 34.4. The fourth-order valence-electron chi connectivity index (χ4n) is 16.0. The molecule has 0 amide bonds. The van der Waals surface area contributed by atoms with Gasteiger partial charge >= 0.3 is 5.71 Å².